The molecule has 2 rings (SSSR count). The van der Waals surface area contributed by atoms with Gasteiger partial charge < -0.3 is 9.67 Å². The first kappa shape index (κ1) is 20.7. The number of aliphatic hydroxyl groups is 1. The van der Waals surface area contributed by atoms with Gasteiger partial charge in [-0.25, -0.2) is 0 Å². The van der Waals surface area contributed by atoms with Crippen LogP contribution in [-0.4, -0.2) is 33.8 Å². The molecule has 3 heteroatoms. The van der Waals surface area contributed by atoms with E-state index in [1.54, 1.807) is 0 Å². The lowest BCUT2D eigenvalue weighted by atomic mass is 10.1. The molecule has 0 saturated carbocycles. The van der Waals surface area contributed by atoms with Gasteiger partial charge in [0.2, 0.25) is 0 Å². The SMILES string of the molecule is CCC[C@H](O)CN(CCC(C)C)Cc1cccn1Cc1ccccc1C. The Morgan fingerprint density at radius 3 is 2.54 bits per heavy atom. The summed E-state index contributed by atoms with van der Waals surface area (Å²) in [7, 11) is 0. The molecule has 1 aromatic heterocycles. The highest BCUT2D eigenvalue weighted by Gasteiger charge is 2.14. The summed E-state index contributed by atoms with van der Waals surface area (Å²) in [4.78, 5) is 2.42. The summed E-state index contributed by atoms with van der Waals surface area (Å²) in [6.07, 6.45) is 5.01. The van der Waals surface area contributed by atoms with Crippen molar-refractivity contribution in [3.8, 4) is 0 Å². The average molecular weight is 357 g/mol. The molecule has 3 nitrogen and oxygen atoms in total. The normalized spacial score (nSPS) is 12.9. The fourth-order valence-electron chi connectivity index (χ4n) is 3.35. The number of hydrogen-bond acceptors (Lipinski definition) is 2. The number of rotatable bonds is 11. The van der Waals surface area contributed by atoms with Crippen molar-refractivity contribution in [1.29, 1.82) is 0 Å². The van der Waals surface area contributed by atoms with Gasteiger partial charge in [0.15, 0.2) is 0 Å². The fraction of sp³-hybridized carbons (Fsp3) is 0.565. The number of hydrogen-bond donors (Lipinski definition) is 1. The van der Waals surface area contributed by atoms with E-state index in [-0.39, 0.29) is 6.10 Å². The van der Waals surface area contributed by atoms with Crippen molar-refractivity contribution < 1.29 is 5.11 Å². The van der Waals surface area contributed by atoms with E-state index in [0.717, 1.165) is 45.4 Å². The Labute approximate surface area is 159 Å². The van der Waals surface area contributed by atoms with Gasteiger partial charge in [0.25, 0.3) is 0 Å². The number of benzene rings is 1. The quantitative estimate of drug-likeness (QED) is 0.623. The highest BCUT2D eigenvalue weighted by molar-refractivity contribution is 5.26. The van der Waals surface area contributed by atoms with Crippen molar-refractivity contribution in [3.05, 3.63) is 59.4 Å². The van der Waals surface area contributed by atoms with Gasteiger partial charge in [-0.05, 0) is 55.5 Å². The van der Waals surface area contributed by atoms with Gasteiger partial charge >= 0.3 is 0 Å². The predicted octanol–water partition coefficient (Wildman–Crippen LogP) is 4.85. The first-order valence-electron chi connectivity index (χ1n) is 10.1. The Bertz CT molecular complexity index is 647. The molecule has 0 aliphatic heterocycles. The van der Waals surface area contributed by atoms with E-state index in [4.69, 9.17) is 0 Å². The Kier molecular flexibility index (Phi) is 8.40. The third-order valence-electron chi connectivity index (χ3n) is 5.02. The predicted molar refractivity (Wildman–Crippen MR) is 110 cm³/mol. The van der Waals surface area contributed by atoms with Gasteiger partial charge in [0.1, 0.15) is 0 Å². The first-order chi connectivity index (χ1) is 12.5. The van der Waals surface area contributed by atoms with Gasteiger partial charge in [0.05, 0.1) is 6.10 Å². The standard InChI is InChI=1S/C23H36N2O/c1-5-9-23(26)18-24(15-13-19(2)3)17-22-12-8-14-25(22)16-21-11-7-6-10-20(21)4/h6-8,10-12,14,19,23,26H,5,9,13,15-18H2,1-4H3/t23-/m0/s1. The van der Waals surface area contributed by atoms with Crippen LogP contribution in [-0.2, 0) is 13.1 Å². The summed E-state index contributed by atoms with van der Waals surface area (Å²) in [5.74, 6) is 0.680. The maximum atomic E-state index is 10.3. The molecule has 1 heterocycles. The van der Waals surface area contributed by atoms with Crippen molar-refractivity contribution in [2.75, 3.05) is 13.1 Å². The minimum Gasteiger partial charge on any atom is -0.392 e. The first-order valence-corrected chi connectivity index (χ1v) is 10.1. The molecule has 26 heavy (non-hydrogen) atoms. The molecule has 2 aromatic rings. The smallest absolute Gasteiger partial charge is 0.0667 e. The maximum absolute atomic E-state index is 10.3. The van der Waals surface area contributed by atoms with E-state index in [1.165, 1.54) is 16.8 Å². The number of aryl methyl sites for hydroxylation is 1. The lowest BCUT2D eigenvalue weighted by molar-refractivity contribution is 0.0969. The van der Waals surface area contributed by atoms with Gasteiger partial charge in [-0.2, -0.15) is 0 Å². The van der Waals surface area contributed by atoms with E-state index in [2.05, 4.69) is 79.8 Å². The number of aromatic nitrogens is 1. The largest absolute Gasteiger partial charge is 0.392 e. The molecule has 0 unspecified atom stereocenters. The van der Waals surface area contributed by atoms with Crippen LogP contribution in [0.25, 0.3) is 0 Å². The van der Waals surface area contributed by atoms with Crippen LogP contribution in [0.3, 0.4) is 0 Å². The zero-order valence-electron chi connectivity index (χ0n) is 17.0. The Morgan fingerprint density at radius 1 is 1.08 bits per heavy atom. The molecule has 144 valence electrons. The second kappa shape index (κ2) is 10.5. The summed E-state index contributed by atoms with van der Waals surface area (Å²) >= 11 is 0. The van der Waals surface area contributed by atoms with Crippen LogP contribution in [0.1, 0.15) is 56.9 Å². The van der Waals surface area contributed by atoms with Crippen molar-refractivity contribution in [1.82, 2.24) is 9.47 Å². The van der Waals surface area contributed by atoms with E-state index >= 15 is 0 Å². The third kappa shape index (κ3) is 6.62. The highest BCUT2D eigenvalue weighted by atomic mass is 16.3. The van der Waals surface area contributed by atoms with E-state index < -0.39 is 0 Å². The Morgan fingerprint density at radius 2 is 1.85 bits per heavy atom. The summed E-state index contributed by atoms with van der Waals surface area (Å²) in [6.45, 7) is 12.4. The molecule has 0 aliphatic rings. The second-order valence-electron chi connectivity index (χ2n) is 7.91. The van der Waals surface area contributed by atoms with Gasteiger partial charge in [-0.3, -0.25) is 4.90 Å². The second-order valence-corrected chi connectivity index (χ2v) is 7.91. The molecule has 1 aromatic carbocycles. The van der Waals surface area contributed by atoms with E-state index in [0.29, 0.717) is 5.92 Å². The average Bonchev–Trinajstić information content (AvgIpc) is 3.02. The number of nitrogens with zero attached hydrogens (tertiary/aromatic N) is 2. The maximum Gasteiger partial charge on any atom is 0.0667 e. The van der Waals surface area contributed by atoms with Crippen LogP contribution in [0, 0.1) is 12.8 Å². The zero-order chi connectivity index (χ0) is 18.9. The van der Waals surface area contributed by atoms with E-state index in [1.807, 2.05) is 0 Å². The molecular weight excluding hydrogens is 320 g/mol. The molecular formula is C23H36N2O. The van der Waals surface area contributed by atoms with Crippen molar-refractivity contribution in [2.24, 2.45) is 5.92 Å². The van der Waals surface area contributed by atoms with Crippen LogP contribution >= 0.6 is 0 Å². The van der Waals surface area contributed by atoms with Crippen LogP contribution < -0.4 is 0 Å². The summed E-state index contributed by atoms with van der Waals surface area (Å²) in [5, 5.41) is 10.3. The van der Waals surface area contributed by atoms with E-state index in [9.17, 15) is 5.11 Å². The molecule has 0 bridgehead atoms. The fourth-order valence-corrected chi connectivity index (χ4v) is 3.35. The molecule has 0 radical (unpaired) electrons. The number of aliphatic hydroxyl groups excluding tert-OH is 1. The summed E-state index contributed by atoms with van der Waals surface area (Å²) in [5.41, 5.74) is 4.02. The lowest BCUT2D eigenvalue weighted by Gasteiger charge is -2.26. The van der Waals surface area contributed by atoms with Crippen molar-refractivity contribution in [3.63, 3.8) is 0 Å². The lowest BCUT2D eigenvalue weighted by Crippen LogP contribution is -2.34. The van der Waals surface area contributed by atoms with Gasteiger partial charge in [0, 0.05) is 31.5 Å². The van der Waals surface area contributed by atoms with Gasteiger partial charge in [-0.1, -0.05) is 51.5 Å². The highest BCUT2D eigenvalue weighted by Crippen LogP contribution is 2.15. The Hall–Kier alpha value is -1.58. The monoisotopic (exact) mass is 356 g/mol. The molecule has 0 aliphatic carbocycles. The van der Waals surface area contributed by atoms with Crippen LogP contribution in [0.5, 0.6) is 0 Å². The zero-order valence-corrected chi connectivity index (χ0v) is 17.0. The third-order valence-corrected chi connectivity index (χ3v) is 5.02. The van der Waals surface area contributed by atoms with Crippen LogP contribution in [0.2, 0.25) is 0 Å². The minimum absolute atomic E-state index is 0.230. The van der Waals surface area contributed by atoms with Crippen LogP contribution in [0.15, 0.2) is 42.6 Å². The molecule has 1 N–H and O–H groups in total. The molecule has 0 saturated heterocycles. The van der Waals surface area contributed by atoms with Gasteiger partial charge in [-0.15, -0.1) is 0 Å². The summed E-state index contributed by atoms with van der Waals surface area (Å²) < 4.78 is 2.34. The molecule has 1 atom stereocenters. The molecule has 0 amide bonds. The topological polar surface area (TPSA) is 28.4 Å². The molecule has 0 fully saturated rings. The van der Waals surface area contributed by atoms with Crippen molar-refractivity contribution >= 4 is 0 Å². The Balaban J connectivity index is 2.07. The molecule has 0 spiro atoms. The van der Waals surface area contributed by atoms with Crippen molar-refractivity contribution in [2.45, 2.75) is 66.2 Å². The van der Waals surface area contributed by atoms with Crippen LogP contribution in [0.4, 0.5) is 0 Å². The minimum atomic E-state index is -0.230. The summed E-state index contributed by atoms with van der Waals surface area (Å²) in [6, 6.07) is 12.9.